The lowest BCUT2D eigenvalue weighted by Crippen LogP contribution is -2.41. The Morgan fingerprint density at radius 2 is 1.72 bits per heavy atom. The zero-order valence-corrected chi connectivity index (χ0v) is 11.4. The van der Waals surface area contributed by atoms with E-state index in [9.17, 15) is 0 Å². The first-order valence-corrected chi connectivity index (χ1v) is 6.45. The molecule has 1 aliphatic rings. The predicted molar refractivity (Wildman–Crippen MR) is 70.6 cm³/mol. The van der Waals surface area contributed by atoms with Crippen molar-refractivity contribution in [3.8, 4) is 5.75 Å². The van der Waals surface area contributed by atoms with Gasteiger partial charge in [0.05, 0.1) is 13.2 Å². The van der Waals surface area contributed by atoms with Gasteiger partial charge in [0.25, 0.3) is 0 Å². The summed E-state index contributed by atoms with van der Waals surface area (Å²) in [6, 6.07) is 9.78. The van der Waals surface area contributed by atoms with Gasteiger partial charge in [0.2, 0.25) is 5.79 Å². The Morgan fingerprint density at radius 1 is 1.11 bits per heavy atom. The minimum atomic E-state index is -0.589. The van der Waals surface area contributed by atoms with Crippen LogP contribution in [-0.2, 0) is 9.47 Å². The van der Waals surface area contributed by atoms with E-state index in [1.54, 1.807) is 0 Å². The lowest BCUT2D eigenvalue weighted by atomic mass is 9.87. The summed E-state index contributed by atoms with van der Waals surface area (Å²) in [4.78, 5) is 0. The maximum Gasteiger partial charge on any atom is 0.203 e. The zero-order valence-electron chi connectivity index (χ0n) is 11.4. The van der Waals surface area contributed by atoms with Gasteiger partial charge in [0.1, 0.15) is 12.4 Å². The van der Waals surface area contributed by atoms with E-state index in [0.717, 1.165) is 12.2 Å². The van der Waals surface area contributed by atoms with Gasteiger partial charge in [0, 0.05) is 6.42 Å². The molecule has 3 heteroatoms. The van der Waals surface area contributed by atoms with Crippen LogP contribution in [-0.4, -0.2) is 25.6 Å². The topological polar surface area (TPSA) is 27.7 Å². The molecule has 1 fully saturated rings. The van der Waals surface area contributed by atoms with Crippen molar-refractivity contribution in [2.75, 3.05) is 19.8 Å². The van der Waals surface area contributed by atoms with Crippen molar-refractivity contribution in [3.05, 3.63) is 30.3 Å². The second-order valence-electron chi connectivity index (χ2n) is 5.95. The highest BCUT2D eigenvalue weighted by molar-refractivity contribution is 5.21. The summed E-state index contributed by atoms with van der Waals surface area (Å²) < 4.78 is 17.4. The molecule has 0 N–H and O–H groups in total. The number of ether oxygens (including phenoxy) is 3. The van der Waals surface area contributed by atoms with Gasteiger partial charge in [0.15, 0.2) is 0 Å². The van der Waals surface area contributed by atoms with Crippen LogP contribution in [0.4, 0.5) is 0 Å². The van der Waals surface area contributed by atoms with Crippen molar-refractivity contribution in [1.82, 2.24) is 0 Å². The zero-order chi connectivity index (χ0) is 13.1. The molecule has 0 bridgehead atoms. The van der Waals surface area contributed by atoms with Gasteiger partial charge in [-0.3, -0.25) is 0 Å². The smallest absolute Gasteiger partial charge is 0.203 e. The molecule has 1 aromatic rings. The minimum Gasteiger partial charge on any atom is -0.488 e. The van der Waals surface area contributed by atoms with E-state index in [4.69, 9.17) is 14.2 Å². The highest BCUT2D eigenvalue weighted by Gasteiger charge is 2.41. The number of hydrogen-bond donors (Lipinski definition) is 0. The van der Waals surface area contributed by atoms with Crippen LogP contribution in [0.2, 0.25) is 0 Å². The van der Waals surface area contributed by atoms with E-state index in [2.05, 4.69) is 20.8 Å². The van der Waals surface area contributed by atoms with Gasteiger partial charge in [-0.2, -0.15) is 0 Å². The molecule has 18 heavy (non-hydrogen) atoms. The molecule has 2 rings (SSSR count). The molecule has 0 unspecified atom stereocenters. The van der Waals surface area contributed by atoms with Crippen LogP contribution >= 0.6 is 0 Å². The molecule has 0 amide bonds. The normalized spacial score (nSPS) is 18.8. The number of rotatable bonds is 4. The van der Waals surface area contributed by atoms with Crippen LogP contribution < -0.4 is 4.74 Å². The third-order valence-corrected chi connectivity index (χ3v) is 2.82. The second kappa shape index (κ2) is 5.29. The van der Waals surface area contributed by atoms with E-state index in [1.807, 2.05) is 30.3 Å². The van der Waals surface area contributed by atoms with Crippen molar-refractivity contribution in [2.45, 2.75) is 33.0 Å². The van der Waals surface area contributed by atoms with Crippen molar-refractivity contribution in [2.24, 2.45) is 5.41 Å². The molecule has 1 saturated heterocycles. The average Bonchev–Trinajstić information content (AvgIpc) is 2.75. The summed E-state index contributed by atoms with van der Waals surface area (Å²) in [6.45, 7) is 8.28. The predicted octanol–water partition coefficient (Wildman–Crippen LogP) is 3.24. The molecule has 0 saturated carbocycles. The van der Waals surface area contributed by atoms with E-state index in [0.29, 0.717) is 19.8 Å². The number of benzene rings is 1. The fraction of sp³-hybridized carbons (Fsp3) is 0.600. The van der Waals surface area contributed by atoms with Crippen molar-refractivity contribution in [3.63, 3.8) is 0 Å². The Hall–Kier alpha value is -1.06. The summed E-state index contributed by atoms with van der Waals surface area (Å²) >= 11 is 0. The van der Waals surface area contributed by atoms with E-state index < -0.39 is 5.79 Å². The fourth-order valence-electron chi connectivity index (χ4n) is 2.25. The maximum atomic E-state index is 5.79. The molecular formula is C15H22O3. The largest absolute Gasteiger partial charge is 0.488 e. The van der Waals surface area contributed by atoms with Gasteiger partial charge in [-0.05, 0) is 17.5 Å². The van der Waals surface area contributed by atoms with Crippen LogP contribution in [0.15, 0.2) is 30.3 Å². The van der Waals surface area contributed by atoms with Gasteiger partial charge in [-0.15, -0.1) is 0 Å². The molecule has 100 valence electrons. The number of hydrogen-bond acceptors (Lipinski definition) is 3. The summed E-state index contributed by atoms with van der Waals surface area (Å²) in [5.41, 5.74) is 0.143. The highest BCUT2D eigenvalue weighted by atomic mass is 16.8. The van der Waals surface area contributed by atoms with Crippen LogP contribution in [0, 0.1) is 5.41 Å². The van der Waals surface area contributed by atoms with Gasteiger partial charge >= 0.3 is 0 Å². The van der Waals surface area contributed by atoms with E-state index in [1.165, 1.54) is 0 Å². The molecule has 0 radical (unpaired) electrons. The van der Waals surface area contributed by atoms with Crippen molar-refractivity contribution < 1.29 is 14.2 Å². The monoisotopic (exact) mass is 250 g/mol. The number of para-hydroxylation sites is 1. The molecule has 0 aliphatic carbocycles. The highest BCUT2D eigenvalue weighted by Crippen LogP contribution is 2.34. The molecule has 0 aromatic heterocycles. The van der Waals surface area contributed by atoms with E-state index in [-0.39, 0.29) is 5.41 Å². The van der Waals surface area contributed by atoms with Crippen molar-refractivity contribution in [1.29, 1.82) is 0 Å². The van der Waals surface area contributed by atoms with Crippen LogP contribution in [0.1, 0.15) is 27.2 Å². The van der Waals surface area contributed by atoms with Crippen LogP contribution in [0.5, 0.6) is 5.75 Å². The molecule has 3 nitrogen and oxygen atoms in total. The Morgan fingerprint density at radius 3 is 2.28 bits per heavy atom. The lowest BCUT2D eigenvalue weighted by molar-refractivity contribution is -0.194. The Kier molecular flexibility index (Phi) is 3.93. The van der Waals surface area contributed by atoms with Crippen molar-refractivity contribution >= 4 is 0 Å². The standard InChI is InChI=1S/C15H22O3/c1-14(2,3)11-15(17-9-10-18-15)12-16-13-7-5-4-6-8-13/h4-8H,9-12H2,1-3H3. The van der Waals surface area contributed by atoms with Gasteiger partial charge in [-0.1, -0.05) is 39.0 Å². The van der Waals surface area contributed by atoms with Gasteiger partial charge < -0.3 is 14.2 Å². The molecule has 0 spiro atoms. The SMILES string of the molecule is CC(C)(C)CC1(COc2ccccc2)OCCO1. The summed E-state index contributed by atoms with van der Waals surface area (Å²) in [7, 11) is 0. The van der Waals surface area contributed by atoms with E-state index >= 15 is 0 Å². The Balaban J connectivity index is 1.98. The summed E-state index contributed by atoms with van der Waals surface area (Å²) in [6.07, 6.45) is 0.826. The minimum absolute atomic E-state index is 0.143. The third kappa shape index (κ3) is 3.72. The first-order chi connectivity index (χ1) is 8.49. The second-order valence-corrected chi connectivity index (χ2v) is 5.95. The maximum absolute atomic E-state index is 5.79. The molecular weight excluding hydrogens is 228 g/mol. The first-order valence-electron chi connectivity index (χ1n) is 6.45. The van der Waals surface area contributed by atoms with Crippen LogP contribution in [0.3, 0.4) is 0 Å². The summed E-state index contributed by atoms with van der Waals surface area (Å²) in [5, 5.41) is 0. The fourth-order valence-corrected chi connectivity index (χ4v) is 2.25. The lowest BCUT2D eigenvalue weighted by Gasteiger charge is -2.33. The molecule has 0 atom stereocenters. The van der Waals surface area contributed by atoms with Crippen LogP contribution in [0.25, 0.3) is 0 Å². The Bertz CT molecular complexity index is 361. The molecule has 1 aromatic carbocycles. The Labute approximate surface area is 109 Å². The third-order valence-electron chi connectivity index (χ3n) is 2.82. The quantitative estimate of drug-likeness (QED) is 0.821. The molecule has 1 heterocycles. The molecule has 1 aliphatic heterocycles. The summed E-state index contributed by atoms with van der Waals surface area (Å²) in [5.74, 6) is 0.263. The van der Waals surface area contributed by atoms with Gasteiger partial charge in [-0.25, -0.2) is 0 Å². The average molecular weight is 250 g/mol. The first kappa shape index (κ1) is 13.4.